The highest BCUT2D eigenvalue weighted by molar-refractivity contribution is 7.91. The quantitative estimate of drug-likeness (QED) is 0.686. The van der Waals surface area contributed by atoms with Crippen LogP contribution in [0.15, 0.2) is 48.5 Å². The van der Waals surface area contributed by atoms with Gasteiger partial charge in [-0.2, -0.15) is 0 Å². The van der Waals surface area contributed by atoms with Crippen molar-refractivity contribution in [1.29, 1.82) is 0 Å². The topological polar surface area (TPSA) is 63.7 Å². The molecule has 0 aromatic heterocycles. The molecule has 0 radical (unpaired) electrons. The van der Waals surface area contributed by atoms with Gasteiger partial charge in [0.15, 0.2) is 16.4 Å². The molecule has 1 fully saturated rings. The summed E-state index contributed by atoms with van der Waals surface area (Å²) in [5.74, 6) is 0.481. The van der Waals surface area contributed by atoms with Crippen LogP contribution in [0.3, 0.4) is 0 Å². The Kier molecular flexibility index (Phi) is 6.62. The first kappa shape index (κ1) is 20.7. The van der Waals surface area contributed by atoms with Crippen molar-refractivity contribution in [2.45, 2.75) is 32.4 Å². The molecule has 28 heavy (non-hydrogen) atoms. The molecule has 150 valence electrons. The number of benzene rings is 2. The summed E-state index contributed by atoms with van der Waals surface area (Å²) >= 11 is 6.05. The van der Waals surface area contributed by atoms with Crippen LogP contribution in [0.2, 0.25) is 5.02 Å². The highest BCUT2D eigenvalue weighted by Crippen LogP contribution is 2.22. The number of sulfone groups is 1. The lowest BCUT2D eigenvalue weighted by Gasteiger charge is -2.28. The Hall–Kier alpha value is -2.05. The van der Waals surface area contributed by atoms with Gasteiger partial charge in [-0.05, 0) is 48.2 Å². The maximum absolute atomic E-state index is 12.9. The first-order valence-electron chi connectivity index (χ1n) is 9.32. The molecular formula is C21H24ClNO4S. The van der Waals surface area contributed by atoms with Gasteiger partial charge >= 0.3 is 0 Å². The number of carbonyl (C=O) groups excluding carboxylic acids is 1. The van der Waals surface area contributed by atoms with Gasteiger partial charge in [-0.15, -0.1) is 0 Å². The van der Waals surface area contributed by atoms with Crippen molar-refractivity contribution in [3.05, 3.63) is 64.7 Å². The number of carbonyl (C=O) groups is 1. The van der Waals surface area contributed by atoms with E-state index in [1.807, 2.05) is 36.4 Å². The van der Waals surface area contributed by atoms with Crippen molar-refractivity contribution in [2.75, 3.05) is 18.1 Å². The van der Waals surface area contributed by atoms with E-state index >= 15 is 0 Å². The molecule has 1 amide bonds. The second-order valence-corrected chi connectivity index (χ2v) is 9.66. The lowest BCUT2D eigenvalue weighted by Crippen LogP contribution is -2.43. The average Bonchev–Trinajstić information content (AvgIpc) is 3.04. The molecule has 0 aliphatic carbocycles. The largest absolute Gasteiger partial charge is 0.484 e. The van der Waals surface area contributed by atoms with Crippen molar-refractivity contribution >= 4 is 27.3 Å². The zero-order valence-corrected chi connectivity index (χ0v) is 17.4. The van der Waals surface area contributed by atoms with Gasteiger partial charge in [0.2, 0.25) is 0 Å². The number of hydrogen-bond acceptors (Lipinski definition) is 4. The molecule has 0 unspecified atom stereocenters. The van der Waals surface area contributed by atoms with Gasteiger partial charge in [0.05, 0.1) is 11.5 Å². The van der Waals surface area contributed by atoms with Gasteiger partial charge < -0.3 is 9.64 Å². The van der Waals surface area contributed by atoms with Gasteiger partial charge in [-0.25, -0.2) is 8.42 Å². The smallest absolute Gasteiger partial charge is 0.261 e. The number of nitrogens with zero attached hydrogens (tertiary/aromatic N) is 1. The molecule has 2 aromatic carbocycles. The maximum atomic E-state index is 12.9. The summed E-state index contributed by atoms with van der Waals surface area (Å²) in [6.45, 7) is 2.24. The Morgan fingerprint density at radius 3 is 2.54 bits per heavy atom. The fraction of sp³-hybridized carbons (Fsp3) is 0.381. The average molecular weight is 422 g/mol. The number of halogens is 1. The van der Waals surface area contributed by atoms with E-state index in [-0.39, 0.29) is 30.1 Å². The lowest BCUT2D eigenvalue weighted by atomic mass is 10.1. The van der Waals surface area contributed by atoms with E-state index in [9.17, 15) is 13.2 Å². The van der Waals surface area contributed by atoms with E-state index in [0.29, 0.717) is 23.7 Å². The van der Waals surface area contributed by atoms with Crippen LogP contribution in [0.4, 0.5) is 0 Å². The SMILES string of the molecule is CCc1ccc(OCC(=O)N(Cc2cccc(Cl)c2)[C@@H]2CCS(=O)(=O)C2)cc1. The fourth-order valence-electron chi connectivity index (χ4n) is 3.32. The standard InChI is InChI=1S/C21H24ClNO4S/c1-2-16-6-8-20(9-7-16)27-14-21(24)23(19-10-11-28(25,26)15-19)13-17-4-3-5-18(22)12-17/h3-9,12,19H,2,10-11,13-15H2,1H3/t19-/m1/s1. The number of amides is 1. The maximum Gasteiger partial charge on any atom is 0.261 e. The molecule has 1 heterocycles. The predicted molar refractivity (Wildman–Crippen MR) is 110 cm³/mol. The number of rotatable bonds is 7. The molecule has 2 aromatic rings. The molecule has 1 atom stereocenters. The van der Waals surface area contributed by atoms with Gasteiger partial charge in [0, 0.05) is 17.6 Å². The molecule has 0 spiro atoms. The van der Waals surface area contributed by atoms with Gasteiger partial charge in [-0.3, -0.25) is 4.79 Å². The van der Waals surface area contributed by atoms with Crippen LogP contribution >= 0.6 is 11.6 Å². The van der Waals surface area contributed by atoms with E-state index in [1.54, 1.807) is 17.0 Å². The molecule has 1 aliphatic rings. The zero-order chi connectivity index (χ0) is 20.1. The van der Waals surface area contributed by atoms with E-state index < -0.39 is 9.84 Å². The lowest BCUT2D eigenvalue weighted by molar-refractivity contribution is -0.136. The third-order valence-electron chi connectivity index (χ3n) is 4.91. The summed E-state index contributed by atoms with van der Waals surface area (Å²) in [7, 11) is -3.11. The first-order valence-corrected chi connectivity index (χ1v) is 11.5. The Labute approximate surface area is 171 Å². The van der Waals surface area contributed by atoms with Crippen LogP contribution in [0.25, 0.3) is 0 Å². The van der Waals surface area contributed by atoms with Crippen LogP contribution < -0.4 is 4.74 Å². The van der Waals surface area contributed by atoms with Crippen LogP contribution in [-0.2, 0) is 27.6 Å². The number of aryl methyl sites for hydroxylation is 1. The molecule has 1 aliphatic heterocycles. The van der Waals surface area contributed by atoms with Crippen molar-refractivity contribution in [3.63, 3.8) is 0 Å². The Morgan fingerprint density at radius 1 is 1.18 bits per heavy atom. The van der Waals surface area contributed by atoms with Gasteiger partial charge in [-0.1, -0.05) is 42.8 Å². The van der Waals surface area contributed by atoms with E-state index in [2.05, 4.69) is 6.92 Å². The van der Waals surface area contributed by atoms with Gasteiger partial charge in [0.25, 0.3) is 5.91 Å². The molecule has 0 saturated carbocycles. The highest BCUT2D eigenvalue weighted by atomic mass is 35.5. The minimum absolute atomic E-state index is 0.00942. The minimum Gasteiger partial charge on any atom is -0.484 e. The molecule has 0 bridgehead atoms. The molecule has 1 saturated heterocycles. The summed E-state index contributed by atoms with van der Waals surface area (Å²) in [5, 5.41) is 0.580. The second-order valence-electron chi connectivity index (χ2n) is 6.99. The predicted octanol–water partition coefficient (Wildman–Crippen LogP) is 3.50. The number of hydrogen-bond donors (Lipinski definition) is 0. The van der Waals surface area contributed by atoms with E-state index in [1.165, 1.54) is 5.56 Å². The fourth-order valence-corrected chi connectivity index (χ4v) is 5.27. The Balaban J connectivity index is 1.72. The van der Waals surface area contributed by atoms with Crippen molar-refractivity contribution in [1.82, 2.24) is 4.90 Å². The third kappa shape index (κ3) is 5.49. The third-order valence-corrected chi connectivity index (χ3v) is 6.89. The molecule has 3 rings (SSSR count). The molecular weight excluding hydrogens is 398 g/mol. The Bertz CT molecular complexity index is 928. The van der Waals surface area contributed by atoms with Crippen molar-refractivity contribution in [3.8, 4) is 5.75 Å². The van der Waals surface area contributed by atoms with E-state index in [0.717, 1.165) is 12.0 Å². The highest BCUT2D eigenvalue weighted by Gasteiger charge is 2.34. The second kappa shape index (κ2) is 8.97. The van der Waals surface area contributed by atoms with Gasteiger partial charge in [0.1, 0.15) is 5.75 Å². The van der Waals surface area contributed by atoms with E-state index in [4.69, 9.17) is 16.3 Å². The van der Waals surface area contributed by atoms with Crippen LogP contribution in [0.1, 0.15) is 24.5 Å². The summed E-state index contributed by atoms with van der Waals surface area (Å²) in [6, 6.07) is 14.5. The normalized spacial score (nSPS) is 18.0. The van der Waals surface area contributed by atoms with Crippen LogP contribution in [-0.4, -0.2) is 43.4 Å². The van der Waals surface area contributed by atoms with Crippen LogP contribution in [0.5, 0.6) is 5.75 Å². The summed E-state index contributed by atoms with van der Waals surface area (Å²) < 4.78 is 29.5. The van der Waals surface area contributed by atoms with Crippen molar-refractivity contribution in [2.24, 2.45) is 0 Å². The zero-order valence-electron chi connectivity index (χ0n) is 15.8. The molecule has 7 heteroatoms. The first-order chi connectivity index (χ1) is 13.4. The summed E-state index contributed by atoms with van der Waals surface area (Å²) in [5.41, 5.74) is 2.05. The molecule has 5 nitrogen and oxygen atoms in total. The Morgan fingerprint density at radius 2 is 1.93 bits per heavy atom. The monoisotopic (exact) mass is 421 g/mol. The number of ether oxygens (including phenoxy) is 1. The van der Waals surface area contributed by atoms with Crippen molar-refractivity contribution < 1.29 is 17.9 Å². The summed E-state index contributed by atoms with van der Waals surface area (Å²) in [4.78, 5) is 14.5. The van der Waals surface area contributed by atoms with Crippen LogP contribution in [0, 0.1) is 0 Å². The molecule has 0 N–H and O–H groups in total. The summed E-state index contributed by atoms with van der Waals surface area (Å²) in [6.07, 6.45) is 1.38. The minimum atomic E-state index is -3.11.